The molecule has 140 valence electrons. The molecular formula is C18H13Cl2FN2O4. The van der Waals surface area contributed by atoms with E-state index in [0.717, 1.165) is 6.07 Å². The molecule has 1 amide bonds. The first kappa shape index (κ1) is 19.1. The lowest BCUT2D eigenvalue weighted by molar-refractivity contribution is -0.116. The molecule has 3 N–H and O–H groups in total. The van der Waals surface area contributed by atoms with E-state index in [-0.39, 0.29) is 39.2 Å². The molecule has 1 heterocycles. The summed E-state index contributed by atoms with van der Waals surface area (Å²) in [7, 11) is 0. The summed E-state index contributed by atoms with van der Waals surface area (Å²) in [5.41, 5.74) is 6.33. The van der Waals surface area contributed by atoms with Crippen LogP contribution in [0, 0.1) is 5.82 Å². The van der Waals surface area contributed by atoms with Crippen molar-refractivity contribution in [1.82, 2.24) is 0 Å². The van der Waals surface area contributed by atoms with Gasteiger partial charge in [-0.15, -0.1) is 0 Å². The van der Waals surface area contributed by atoms with E-state index in [9.17, 15) is 18.8 Å². The summed E-state index contributed by atoms with van der Waals surface area (Å²) in [6, 6.07) is 5.06. The maximum Gasteiger partial charge on any atom is 0.340 e. The molecule has 9 heteroatoms. The predicted octanol–water partition coefficient (Wildman–Crippen LogP) is 3.64. The van der Waals surface area contributed by atoms with Gasteiger partial charge < -0.3 is 15.8 Å². The predicted molar refractivity (Wildman–Crippen MR) is 98.8 cm³/mol. The number of halogens is 3. The maximum atomic E-state index is 14.2. The van der Waals surface area contributed by atoms with E-state index in [1.54, 1.807) is 0 Å². The summed E-state index contributed by atoms with van der Waals surface area (Å²) in [6.07, 6.45) is 0.634. The van der Waals surface area contributed by atoms with Gasteiger partial charge >= 0.3 is 5.97 Å². The summed E-state index contributed by atoms with van der Waals surface area (Å²) < 4.78 is 19.1. The third kappa shape index (κ3) is 4.04. The first-order valence-electron chi connectivity index (χ1n) is 7.83. The molecule has 0 aliphatic carbocycles. The highest BCUT2D eigenvalue weighted by molar-refractivity contribution is 6.37. The van der Waals surface area contributed by atoms with Crippen LogP contribution in [-0.2, 0) is 16.0 Å². The number of fused-ring (bicyclic) bond motifs is 1. The van der Waals surface area contributed by atoms with Crippen LogP contribution in [0.4, 0.5) is 15.8 Å². The number of ketones is 1. The number of esters is 1. The quantitative estimate of drug-likeness (QED) is 0.455. The van der Waals surface area contributed by atoms with E-state index in [1.165, 1.54) is 18.2 Å². The van der Waals surface area contributed by atoms with Crippen LogP contribution < -0.4 is 11.1 Å². The highest BCUT2D eigenvalue weighted by atomic mass is 35.5. The molecule has 0 unspecified atom stereocenters. The van der Waals surface area contributed by atoms with Crippen molar-refractivity contribution < 1.29 is 23.5 Å². The van der Waals surface area contributed by atoms with Crippen molar-refractivity contribution in [3.8, 4) is 0 Å². The summed E-state index contributed by atoms with van der Waals surface area (Å²) in [5.74, 6) is -2.67. The summed E-state index contributed by atoms with van der Waals surface area (Å²) in [5, 5.41) is 2.79. The lowest BCUT2D eigenvalue weighted by atomic mass is 9.98. The van der Waals surface area contributed by atoms with Crippen LogP contribution in [0.1, 0.15) is 32.7 Å². The zero-order valence-electron chi connectivity index (χ0n) is 13.8. The number of nitrogens with two attached hydrogens (primary N) is 1. The van der Waals surface area contributed by atoms with Gasteiger partial charge in [-0.05, 0) is 36.2 Å². The van der Waals surface area contributed by atoms with E-state index in [0.29, 0.717) is 17.7 Å². The van der Waals surface area contributed by atoms with Crippen LogP contribution in [0.5, 0.6) is 0 Å². The first-order chi connectivity index (χ1) is 12.8. The van der Waals surface area contributed by atoms with Gasteiger partial charge in [-0.2, -0.15) is 0 Å². The van der Waals surface area contributed by atoms with Gasteiger partial charge in [0.15, 0.2) is 6.61 Å². The van der Waals surface area contributed by atoms with E-state index in [2.05, 4.69) is 5.32 Å². The summed E-state index contributed by atoms with van der Waals surface area (Å²) in [6.45, 7) is -0.690. The molecule has 27 heavy (non-hydrogen) atoms. The van der Waals surface area contributed by atoms with Gasteiger partial charge in [0.2, 0.25) is 11.7 Å². The fraction of sp³-hybridized carbons (Fsp3) is 0.167. The Bertz CT molecular complexity index is 978. The van der Waals surface area contributed by atoms with Crippen LogP contribution in [0.2, 0.25) is 10.0 Å². The highest BCUT2D eigenvalue weighted by Gasteiger charge is 2.22. The number of amides is 1. The smallest absolute Gasteiger partial charge is 0.340 e. The third-order valence-corrected chi connectivity index (χ3v) is 4.57. The number of nitrogens with one attached hydrogen (secondary N) is 1. The molecule has 0 radical (unpaired) electrons. The van der Waals surface area contributed by atoms with Crippen molar-refractivity contribution in [3.63, 3.8) is 0 Å². The lowest BCUT2D eigenvalue weighted by Crippen LogP contribution is -2.21. The maximum absolute atomic E-state index is 14.2. The van der Waals surface area contributed by atoms with E-state index >= 15 is 0 Å². The molecule has 0 spiro atoms. The number of hydrogen-bond acceptors (Lipinski definition) is 5. The molecule has 0 aromatic heterocycles. The van der Waals surface area contributed by atoms with Gasteiger partial charge in [-0.1, -0.05) is 23.2 Å². The van der Waals surface area contributed by atoms with Crippen LogP contribution in [0.15, 0.2) is 24.3 Å². The molecular weight excluding hydrogens is 398 g/mol. The molecule has 6 nitrogen and oxygen atoms in total. The number of rotatable bonds is 4. The summed E-state index contributed by atoms with van der Waals surface area (Å²) >= 11 is 11.7. The largest absolute Gasteiger partial charge is 0.454 e. The first-order valence-corrected chi connectivity index (χ1v) is 8.59. The number of benzene rings is 2. The number of aryl methyl sites for hydroxylation is 1. The zero-order valence-corrected chi connectivity index (χ0v) is 15.3. The van der Waals surface area contributed by atoms with Crippen molar-refractivity contribution in [3.05, 3.63) is 56.8 Å². The van der Waals surface area contributed by atoms with Crippen LogP contribution in [0.25, 0.3) is 0 Å². The Morgan fingerprint density at radius 2 is 1.89 bits per heavy atom. The van der Waals surface area contributed by atoms with Crippen molar-refractivity contribution in [2.75, 3.05) is 17.7 Å². The lowest BCUT2D eigenvalue weighted by Gasteiger charge is -2.18. The number of Topliss-reactive ketones (excluding diaryl/α,β-unsaturated/α-hetero) is 1. The topological polar surface area (TPSA) is 98.5 Å². The molecule has 0 saturated carbocycles. The Morgan fingerprint density at radius 3 is 2.63 bits per heavy atom. The number of anilines is 2. The molecule has 2 aromatic carbocycles. The average molecular weight is 411 g/mol. The fourth-order valence-electron chi connectivity index (χ4n) is 2.66. The van der Waals surface area contributed by atoms with Crippen LogP contribution >= 0.6 is 23.2 Å². The zero-order chi connectivity index (χ0) is 19.7. The minimum Gasteiger partial charge on any atom is -0.454 e. The van der Waals surface area contributed by atoms with Crippen molar-refractivity contribution in [1.29, 1.82) is 0 Å². The van der Waals surface area contributed by atoms with Gasteiger partial charge in [0.25, 0.3) is 0 Å². The highest BCUT2D eigenvalue weighted by Crippen LogP contribution is 2.29. The van der Waals surface area contributed by atoms with Gasteiger partial charge in [0, 0.05) is 17.1 Å². The van der Waals surface area contributed by atoms with Gasteiger partial charge in [0.05, 0.1) is 21.8 Å². The minimum atomic E-state index is -0.907. The number of ether oxygens (including phenoxy) is 1. The molecule has 0 atom stereocenters. The number of carbonyl (C=O) groups excluding carboxylic acids is 3. The van der Waals surface area contributed by atoms with Gasteiger partial charge in [-0.3, -0.25) is 9.59 Å². The fourth-order valence-corrected chi connectivity index (χ4v) is 3.15. The van der Waals surface area contributed by atoms with Crippen molar-refractivity contribution >= 4 is 52.2 Å². The molecule has 1 aliphatic rings. The van der Waals surface area contributed by atoms with E-state index in [4.69, 9.17) is 33.7 Å². The minimum absolute atomic E-state index is 0.0331. The molecule has 2 aromatic rings. The molecule has 3 rings (SSSR count). The van der Waals surface area contributed by atoms with Crippen molar-refractivity contribution in [2.45, 2.75) is 12.8 Å². The Morgan fingerprint density at radius 1 is 1.15 bits per heavy atom. The van der Waals surface area contributed by atoms with E-state index < -0.39 is 24.2 Å². The molecule has 0 bridgehead atoms. The molecule has 0 saturated heterocycles. The summed E-state index contributed by atoms with van der Waals surface area (Å²) in [4.78, 5) is 35.8. The van der Waals surface area contributed by atoms with Gasteiger partial charge in [0.1, 0.15) is 5.82 Å². The number of nitrogen functional groups attached to an aromatic ring is 1. The Hall–Kier alpha value is -2.64. The number of hydrogen-bond donors (Lipinski definition) is 2. The monoisotopic (exact) mass is 410 g/mol. The number of carbonyl (C=O) groups is 3. The second-order valence-corrected chi connectivity index (χ2v) is 6.73. The SMILES string of the molecule is Nc1c(Cl)cc(Cl)cc1C(=O)OCC(=O)c1cc2c(cc1F)NC(=O)CC2. The third-order valence-electron chi connectivity index (χ3n) is 4.04. The Balaban J connectivity index is 1.75. The second kappa shape index (κ2) is 7.54. The molecule has 1 aliphatic heterocycles. The normalized spacial score (nSPS) is 12.9. The standard InChI is InChI=1S/C18H13Cl2FN2O4/c19-9-4-11(17(22)12(20)5-9)18(26)27-7-15(24)10-3-8-1-2-16(25)23-14(8)6-13(10)21/h3-6H,1-2,7,22H2,(H,23,25). The second-order valence-electron chi connectivity index (χ2n) is 5.89. The van der Waals surface area contributed by atoms with Gasteiger partial charge in [-0.25, -0.2) is 9.18 Å². The van der Waals surface area contributed by atoms with Crippen LogP contribution in [0.3, 0.4) is 0 Å². The molecule has 0 fully saturated rings. The van der Waals surface area contributed by atoms with E-state index in [1.807, 2.05) is 0 Å². The Kier molecular flexibility index (Phi) is 5.34. The van der Waals surface area contributed by atoms with Crippen LogP contribution in [-0.4, -0.2) is 24.3 Å². The average Bonchev–Trinajstić information content (AvgIpc) is 2.61. The Labute approximate surface area is 163 Å². The van der Waals surface area contributed by atoms with Crippen molar-refractivity contribution in [2.24, 2.45) is 0 Å².